The van der Waals surface area contributed by atoms with Gasteiger partial charge in [-0.15, -0.1) is 0 Å². The molecule has 0 radical (unpaired) electrons. The highest BCUT2D eigenvalue weighted by atomic mass is 16.5. The van der Waals surface area contributed by atoms with Crippen LogP contribution in [0.5, 0.6) is 11.5 Å². The molecule has 2 N–H and O–H groups in total. The minimum atomic E-state index is -0.233. The van der Waals surface area contributed by atoms with Gasteiger partial charge in [0.05, 0.1) is 25.5 Å². The lowest BCUT2D eigenvalue weighted by Crippen LogP contribution is -2.28. The van der Waals surface area contributed by atoms with Gasteiger partial charge in [-0.2, -0.15) is 0 Å². The Morgan fingerprint density at radius 1 is 1.08 bits per heavy atom. The van der Waals surface area contributed by atoms with Gasteiger partial charge in [0.1, 0.15) is 5.82 Å². The average molecular weight is 337 g/mol. The molecule has 1 heterocycles. The lowest BCUT2D eigenvalue weighted by molar-refractivity contribution is -0.123. The van der Waals surface area contributed by atoms with Crippen molar-refractivity contribution >= 4 is 5.91 Å². The standard InChI is InChI=1S/C19H19N3O3/c1-24-16-9-5-6-10-17(16)25-13-19(23)21-12-18-20-11-15(22-18)14-7-3-2-4-8-14/h2-11H,12-13H2,1H3,(H,20,22)(H,21,23). The van der Waals surface area contributed by atoms with Crippen molar-refractivity contribution in [2.24, 2.45) is 0 Å². The van der Waals surface area contributed by atoms with E-state index in [9.17, 15) is 4.79 Å². The highest BCUT2D eigenvalue weighted by Crippen LogP contribution is 2.25. The number of amides is 1. The molecule has 0 spiro atoms. The van der Waals surface area contributed by atoms with Crippen molar-refractivity contribution in [3.8, 4) is 22.8 Å². The predicted octanol–water partition coefficient (Wildman–Crippen LogP) is 2.78. The molecule has 3 rings (SSSR count). The molecule has 0 atom stereocenters. The first kappa shape index (κ1) is 16.6. The second kappa shape index (κ2) is 8.01. The van der Waals surface area contributed by atoms with Crippen LogP contribution in [-0.2, 0) is 11.3 Å². The van der Waals surface area contributed by atoms with E-state index < -0.39 is 0 Å². The topological polar surface area (TPSA) is 76.2 Å². The number of aromatic amines is 1. The molecule has 25 heavy (non-hydrogen) atoms. The molecule has 0 saturated carbocycles. The van der Waals surface area contributed by atoms with Gasteiger partial charge in [0, 0.05) is 0 Å². The molecule has 6 heteroatoms. The van der Waals surface area contributed by atoms with Crippen LogP contribution in [0.4, 0.5) is 0 Å². The largest absolute Gasteiger partial charge is 0.493 e. The van der Waals surface area contributed by atoms with Crippen LogP contribution < -0.4 is 14.8 Å². The van der Waals surface area contributed by atoms with Crippen LogP contribution in [0.25, 0.3) is 11.3 Å². The van der Waals surface area contributed by atoms with Gasteiger partial charge >= 0.3 is 0 Å². The Morgan fingerprint density at radius 2 is 1.80 bits per heavy atom. The van der Waals surface area contributed by atoms with E-state index in [1.807, 2.05) is 42.5 Å². The summed E-state index contributed by atoms with van der Waals surface area (Å²) in [4.78, 5) is 19.4. The van der Waals surface area contributed by atoms with Gasteiger partial charge < -0.3 is 19.8 Å². The van der Waals surface area contributed by atoms with Crippen LogP contribution in [0.1, 0.15) is 5.82 Å². The molecule has 6 nitrogen and oxygen atoms in total. The van der Waals surface area contributed by atoms with Crippen molar-refractivity contribution in [1.82, 2.24) is 15.3 Å². The van der Waals surface area contributed by atoms with Crippen molar-refractivity contribution in [3.05, 3.63) is 66.6 Å². The summed E-state index contributed by atoms with van der Waals surface area (Å²) >= 11 is 0. The Balaban J connectivity index is 1.50. The Morgan fingerprint density at radius 3 is 2.56 bits per heavy atom. The summed E-state index contributed by atoms with van der Waals surface area (Å²) in [7, 11) is 1.56. The molecule has 0 unspecified atom stereocenters. The number of benzene rings is 2. The number of carbonyl (C=O) groups is 1. The number of nitrogens with one attached hydrogen (secondary N) is 2. The lowest BCUT2D eigenvalue weighted by atomic mass is 10.2. The SMILES string of the molecule is COc1ccccc1OCC(=O)NCc1ncc(-c2ccccc2)[nH]1. The van der Waals surface area contributed by atoms with Crippen molar-refractivity contribution in [1.29, 1.82) is 0 Å². The maximum absolute atomic E-state index is 11.9. The summed E-state index contributed by atoms with van der Waals surface area (Å²) in [5.74, 6) is 1.58. The second-order valence-electron chi connectivity index (χ2n) is 5.33. The molecule has 3 aromatic rings. The van der Waals surface area contributed by atoms with E-state index in [1.165, 1.54) is 0 Å². The summed E-state index contributed by atoms with van der Waals surface area (Å²) in [6.45, 7) is 0.216. The number of rotatable bonds is 7. The summed E-state index contributed by atoms with van der Waals surface area (Å²) in [5, 5.41) is 2.77. The number of para-hydroxylation sites is 2. The van der Waals surface area contributed by atoms with Crippen molar-refractivity contribution in [3.63, 3.8) is 0 Å². The Bertz CT molecular complexity index is 831. The number of methoxy groups -OCH3 is 1. The molecular formula is C19H19N3O3. The maximum Gasteiger partial charge on any atom is 0.258 e. The number of nitrogens with zero attached hydrogens (tertiary/aromatic N) is 1. The van der Waals surface area contributed by atoms with Crippen LogP contribution in [0.15, 0.2) is 60.8 Å². The lowest BCUT2D eigenvalue weighted by Gasteiger charge is -2.10. The van der Waals surface area contributed by atoms with Crippen molar-refractivity contribution < 1.29 is 14.3 Å². The number of hydrogen-bond acceptors (Lipinski definition) is 4. The third-order valence-corrected chi connectivity index (χ3v) is 3.59. The number of aromatic nitrogens is 2. The Kier molecular flexibility index (Phi) is 5.31. The van der Waals surface area contributed by atoms with Crippen LogP contribution in [0, 0.1) is 0 Å². The third-order valence-electron chi connectivity index (χ3n) is 3.59. The molecule has 0 aliphatic carbocycles. The first-order valence-corrected chi connectivity index (χ1v) is 7.88. The van der Waals surface area contributed by atoms with E-state index in [-0.39, 0.29) is 12.5 Å². The molecule has 0 fully saturated rings. The molecule has 1 aromatic heterocycles. The first-order chi connectivity index (χ1) is 12.3. The van der Waals surface area contributed by atoms with Crippen molar-refractivity contribution in [2.75, 3.05) is 13.7 Å². The average Bonchev–Trinajstić information content (AvgIpc) is 3.14. The van der Waals surface area contributed by atoms with Crippen LogP contribution in [-0.4, -0.2) is 29.6 Å². The zero-order chi connectivity index (χ0) is 17.5. The molecule has 0 saturated heterocycles. The number of H-pyrrole nitrogens is 1. The number of ether oxygens (including phenoxy) is 2. The third kappa shape index (κ3) is 4.38. The molecular weight excluding hydrogens is 318 g/mol. The summed E-state index contributed by atoms with van der Waals surface area (Å²) in [6.07, 6.45) is 1.75. The fourth-order valence-corrected chi connectivity index (χ4v) is 2.33. The number of carbonyl (C=O) groups excluding carboxylic acids is 1. The van der Waals surface area contributed by atoms with Crippen LogP contribution >= 0.6 is 0 Å². The Labute approximate surface area is 145 Å². The zero-order valence-corrected chi connectivity index (χ0v) is 13.9. The quantitative estimate of drug-likeness (QED) is 0.695. The normalized spacial score (nSPS) is 10.3. The van der Waals surface area contributed by atoms with E-state index >= 15 is 0 Å². The predicted molar refractivity (Wildman–Crippen MR) is 94.4 cm³/mol. The molecule has 2 aromatic carbocycles. The minimum absolute atomic E-state index is 0.0907. The molecule has 0 aliphatic rings. The van der Waals surface area contributed by atoms with E-state index in [1.54, 1.807) is 25.4 Å². The van der Waals surface area contributed by atoms with E-state index in [0.29, 0.717) is 23.9 Å². The first-order valence-electron chi connectivity index (χ1n) is 7.88. The van der Waals surface area contributed by atoms with Gasteiger partial charge in [-0.1, -0.05) is 42.5 Å². The van der Waals surface area contributed by atoms with E-state index in [0.717, 1.165) is 11.3 Å². The van der Waals surface area contributed by atoms with Gasteiger partial charge in [-0.25, -0.2) is 4.98 Å². The highest BCUT2D eigenvalue weighted by molar-refractivity contribution is 5.77. The zero-order valence-electron chi connectivity index (χ0n) is 13.9. The smallest absolute Gasteiger partial charge is 0.258 e. The highest BCUT2D eigenvalue weighted by Gasteiger charge is 2.08. The van der Waals surface area contributed by atoms with Gasteiger partial charge in [-0.05, 0) is 17.7 Å². The fraction of sp³-hybridized carbons (Fsp3) is 0.158. The van der Waals surface area contributed by atoms with Crippen LogP contribution in [0.2, 0.25) is 0 Å². The molecule has 0 bridgehead atoms. The van der Waals surface area contributed by atoms with Crippen LogP contribution in [0.3, 0.4) is 0 Å². The number of hydrogen-bond donors (Lipinski definition) is 2. The van der Waals surface area contributed by atoms with Gasteiger partial charge in [-0.3, -0.25) is 4.79 Å². The molecule has 128 valence electrons. The summed E-state index contributed by atoms with van der Waals surface area (Å²) < 4.78 is 10.7. The van der Waals surface area contributed by atoms with Crippen molar-refractivity contribution in [2.45, 2.75) is 6.54 Å². The minimum Gasteiger partial charge on any atom is -0.493 e. The number of imidazole rings is 1. The maximum atomic E-state index is 11.9. The summed E-state index contributed by atoms with van der Waals surface area (Å²) in [6, 6.07) is 17.1. The molecule has 0 aliphatic heterocycles. The van der Waals surface area contributed by atoms with Gasteiger partial charge in [0.15, 0.2) is 18.1 Å². The monoisotopic (exact) mass is 337 g/mol. The molecule has 1 amide bonds. The Hall–Kier alpha value is -3.28. The summed E-state index contributed by atoms with van der Waals surface area (Å²) in [5.41, 5.74) is 1.96. The van der Waals surface area contributed by atoms with Gasteiger partial charge in [0.2, 0.25) is 0 Å². The van der Waals surface area contributed by atoms with E-state index in [4.69, 9.17) is 9.47 Å². The fourth-order valence-electron chi connectivity index (χ4n) is 2.33. The van der Waals surface area contributed by atoms with Gasteiger partial charge in [0.25, 0.3) is 5.91 Å². The second-order valence-corrected chi connectivity index (χ2v) is 5.33. The van der Waals surface area contributed by atoms with E-state index in [2.05, 4.69) is 15.3 Å².